The molecule has 2 aromatic carbocycles. The minimum atomic E-state index is 0.204. The van der Waals surface area contributed by atoms with Gasteiger partial charge in [0.05, 0.1) is 11.6 Å². The van der Waals surface area contributed by atoms with E-state index in [9.17, 15) is 0 Å². The summed E-state index contributed by atoms with van der Waals surface area (Å²) in [5.74, 6) is 0.844. The molecule has 6 nitrogen and oxygen atoms in total. The van der Waals surface area contributed by atoms with Crippen molar-refractivity contribution in [2.75, 3.05) is 11.1 Å². The SMILES string of the molecule is Nc1nc(Nc2ccc3ccccc3c2)c2cn[nH]c2n1. The fraction of sp³-hybridized carbons (Fsp3) is 0. The minimum absolute atomic E-state index is 0.204. The van der Waals surface area contributed by atoms with E-state index in [4.69, 9.17) is 5.73 Å². The van der Waals surface area contributed by atoms with Crippen LogP contribution >= 0.6 is 0 Å². The van der Waals surface area contributed by atoms with Crippen molar-refractivity contribution in [2.24, 2.45) is 0 Å². The van der Waals surface area contributed by atoms with Crippen LogP contribution in [0.4, 0.5) is 17.5 Å². The molecule has 0 spiro atoms. The third-order valence-electron chi connectivity index (χ3n) is 3.34. The second kappa shape index (κ2) is 4.45. The van der Waals surface area contributed by atoms with E-state index in [0.29, 0.717) is 11.5 Å². The van der Waals surface area contributed by atoms with Crippen LogP contribution in [0.1, 0.15) is 0 Å². The highest BCUT2D eigenvalue weighted by Gasteiger charge is 2.08. The van der Waals surface area contributed by atoms with Gasteiger partial charge in [-0.25, -0.2) is 0 Å². The lowest BCUT2D eigenvalue weighted by Gasteiger charge is -2.08. The van der Waals surface area contributed by atoms with E-state index >= 15 is 0 Å². The predicted molar refractivity (Wildman–Crippen MR) is 83.3 cm³/mol. The Morgan fingerprint density at radius 3 is 2.76 bits per heavy atom. The van der Waals surface area contributed by atoms with Gasteiger partial charge in [-0.1, -0.05) is 30.3 Å². The molecule has 0 aliphatic heterocycles. The van der Waals surface area contributed by atoms with Gasteiger partial charge in [0.1, 0.15) is 5.82 Å². The van der Waals surface area contributed by atoms with Crippen molar-refractivity contribution in [3.05, 3.63) is 48.7 Å². The Balaban J connectivity index is 1.80. The number of aromatic nitrogens is 4. The van der Waals surface area contributed by atoms with E-state index in [2.05, 4.69) is 49.7 Å². The number of hydrogen-bond donors (Lipinski definition) is 3. The first kappa shape index (κ1) is 11.7. The molecule has 0 aliphatic rings. The summed E-state index contributed by atoms with van der Waals surface area (Å²) in [5.41, 5.74) is 7.27. The van der Waals surface area contributed by atoms with E-state index < -0.39 is 0 Å². The van der Waals surface area contributed by atoms with Crippen LogP contribution < -0.4 is 11.1 Å². The summed E-state index contributed by atoms with van der Waals surface area (Å²) in [4.78, 5) is 8.34. The summed E-state index contributed by atoms with van der Waals surface area (Å²) in [7, 11) is 0. The van der Waals surface area contributed by atoms with Crippen LogP contribution in [0.3, 0.4) is 0 Å². The van der Waals surface area contributed by atoms with Crippen molar-refractivity contribution in [1.29, 1.82) is 0 Å². The quantitative estimate of drug-likeness (QED) is 0.523. The lowest BCUT2D eigenvalue weighted by molar-refractivity contribution is 1.09. The Kier molecular flexibility index (Phi) is 2.47. The summed E-state index contributed by atoms with van der Waals surface area (Å²) in [6.07, 6.45) is 1.68. The smallest absolute Gasteiger partial charge is 0.224 e. The maximum atomic E-state index is 5.72. The molecule has 0 saturated heterocycles. The van der Waals surface area contributed by atoms with Gasteiger partial charge >= 0.3 is 0 Å². The molecule has 0 unspecified atom stereocenters. The number of benzene rings is 2. The molecule has 102 valence electrons. The van der Waals surface area contributed by atoms with Gasteiger partial charge in [0.15, 0.2) is 5.65 Å². The molecular formula is C15H12N6. The molecule has 0 aliphatic carbocycles. The largest absolute Gasteiger partial charge is 0.368 e. The maximum Gasteiger partial charge on any atom is 0.224 e. The van der Waals surface area contributed by atoms with Gasteiger partial charge in [0, 0.05) is 5.69 Å². The number of nitrogens with one attached hydrogen (secondary N) is 2. The average molecular weight is 276 g/mol. The summed E-state index contributed by atoms with van der Waals surface area (Å²) in [5, 5.41) is 13.2. The Labute approximate surface area is 120 Å². The van der Waals surface area contributed by atoms with Crippen molar-refractivity contribution in [1.82, 2.24) is 20.2 Å². The van der Waals surface area contributed by atoms with Gasteiger partial charge in [0.2, 0.25) is 5.95 Å². The fourth-order valence-corrected chi connectivity index (χ4v) is 2.35. The molecule has 0 bridgehead atoms. The standard InChI is InChI=1S/C15H12N6/c16-15-19-13(12-8-17-21-14(12)20-15)18-11-6-5-9-3-1-2-4-10(9)7-11/h1-8H,(H4,16,17,18,19,20,21). The molecule has 4 aromatic rings. The maximum absolute atomic E-state index is 5.72. The highest BCUT2D eigenvalue weighted by Crippen LogP contribution is 2.25. The first-order chi connectivity index (χ1) is 10.3. The van der Waals surface area contributed by atoms with Crippen LogP contribution in [0.2, 0.25) is 0 Å². The van der Waals surface area contributed by atoms with Crippen LogP contribution in [0.5, 0.6) is 0 Å². The predicted octanol–water partition coefficient (Wildman–Crippen LogP) is 2.83. The van der Waals surface area contributed by atoms with E-state index in [-0.39, 0.29) is 5.95 Å². The van der Waals surface area contributed by atoms with Crippen molar-refractivity contribution in [3.63, 3.8) is 0 Å². The number of fused-ring (bicyclic) bond motifs is 2. The molecule has 0 fully saturated rings. The zero-order valence-corrected chi connectivity index (χ0v) is 11.0. The molecule has 0 saturated carbocycles. The Morgan fingerprint density at radius 2 is 1.86 bits per heavy atom. The van der Waals surface area contributed by atoms with Crippen molar-refractivity contribution in [3.8, 4) is 0 Å². The molecule has 21 heavy (non-hydrogen) atoms. The number of aromatic amines is 1. The van der Waals surface area contributed by atoms with Gasteiger partial charge in [0.25, 0.3) is 0 Å². The molecule has 2 heterocycles. The summed E-state index contributed by atoms with van der Waals surface area (Å²) >= 11 is 0. The van der Waals surface area contributed by atoms with Crippen molar-refractivity contribution in [2.45, 2.75) is 0 Å². The van der Waals surface area contributed by atoms with Crippen molar-refractivity contribution >= 4 is 39.3 Å². The third-order valence-corrected chi connectivity index (χ3v) is 3.34. The van der Waals surface area contributed by atoms with Crippen LogP contribution in [-0.2, 0) is 0 Å². The van der Waals surface area contributed by atoms with E-state index in [1.165, 1.54) is 5.39 Å². The van der Waals surface area contributed by atoms with Gasteiger partial charge in [-0.05, 0) is 22.9 Å². The molecular weight excluding hydrogens is 264 g/mol. The van der Waals surface area contributed by atoms with Crippen molar-refractivity contribution < 1.29 is 0 Å². The molecule has 0 atom stereocenters. The van der Waals surface area contributed by atoms with E-state index in [1.54, 1.807) is 6.20 Å². The fourth-order valence-electron chi connectivity index (χ4n) is 2.35. The Hall–Kier alpha value is -3.15. The Morgan fingerprint density at radius 1 is 1.00 bits per heavy atom. The van der Waals surface area contributed by atoms with Gasteiger partial charge in [-0.3, -0.25) is 5.10 Å². The minimum Gasteiger partial charge on any atom is -0.368 e. The molecule has 0 radical (unpaired) electrons. The zero-order chi connectivity index (χ0) is 14.2. The number of hydrogen-bond acceptors (Lipinski definition) is 5. The van der Waals surface area contributed by atoms with Gasteiger partial charge in [-0.2, -0.15) is 15.1 Å². The topological polar surface area (TPSA) is 92.5 Å². The summed E-state index contributed by atoms with van der Waals surface area (Å²) in [6, 6.07) is 14.3. The van der Waals surface area contributed by atoms with Gasteiger partial charge in [-0.15, -0.1) is 0 Å². The monoisotopic (exact) mass is 276 g/mol. The van der Waals surface area contributed by atoms with Crippen LogP contribution in [0, 0.1) is 0 Å². The third kappa shape index (κ3) is 2.02. The molecule has 4 rings (SSSR count). The number of H-pyrrole nitrogens is 1. The van der Waals surface area contributed by atoms with E-state index in [0.717, 1.165) is 16.5 Å². The number of nitrogens with zero attached hydrogens (tertiary/aromatic N) is 3. The lowest BCUT2D eigenvalue weighted by atomic mass is 10.1. The van der Waals surface area contributed by atoms with Crippen LogP contribution in [0.15, 0.2) is 48.7 Å². The van der Waals surface area contributed by atoms with Crippen LogP contribution in [0.25, 0.3) is 21.8 Å². The highest BCUT2D eigenvalue weighted by atomic mass is 15.2. The first-order valence-electron chi connectivity index (χ1n) is 6.52. The first-order valence-corrected chi connectivity index (χ1v) is 6.52. The number of nitrogens with two attached hydrogens (primary N) is 1. The Bertz CT molecular complexity index is 943. The normalized spacial score (nSPS) is 11.0. The highest BCUT2D eigenvalue weighted by molar-refractivity contribution is 5.91. The van der Waals surface area contributed by atoms with E-state index in [1.807, 2.05) is 18.2 Å². The average Bonchev–Trinajstić information content (AvgIpc) is 2.95. The summed E-state index contributed by atoms with van der Waals surface area (Å²) < 4.78 is 0. The number of anilines is 3. The number of rotatable bonds is 2. The summed E-state index contributed by atoms with van der Waals surface area (Å²) in [6.45, 7) is 0. The molecule has 2 aromatic heterocycles. The zero-order valence-electron chi connectivity index (χ0n) is 11.0. The molecule has 6 heteroatoms. The lowest BCUT2D eigenvalue weighted by Crippen LogP contribution is -2.00. The molecule has 4 N–H and O–H groups in total. The van der Waals surface area contributed by atoms with Crippen LogP contribution in [-0.4, -0.2) is 20.2 Å². The second-order valence-corrected chi connectivity index (χ2v) is 4.75. The second-order valence-electron chi connectivity index (χ2n) is 4.75. The molecule has 0 amide bonds. The number of nitrogen functional groups attached to an aromatic ring is 1. The van der Waals surface area contributed by atoms with Gasteiger partial charge < -0.3 is 11.1 Å².